The zero-order valence-corrected chi connectivity index (χ0v) is 5.88. The molecular formula is C7H11NO2. The van der Waals surface area contributed by atoms with Crippen molar-refractivity contribution in [2.75, 3.05) is 13.2 Å². The molecule has 1 aliphatic carbocycles. The minimum atomic E-state index is 0.410. The largest absolute Gasteiger partial charge is 0.392 e. The van der Waals surface area contributed by atoms with E-state index in [4.69, 9.17) is 9.57 Å². The number of nitrogens with zero attached hydrogens (tertiary/aromatic N) is 1. The van der Waals surface area contributed by atoms with Crippen LogP contribution in [0.4, 0.5) is 0 Å². The number of oxime groups is 1. The fourth-order valence-electron chi connectivity index (χ4n) is 0.871. The Balaban J connectivity index is 1.69. The lowest BCUT2D eigenvalue weighted by Crippen LogP contribution is -2.29. The summed E-state index contributed by atoms with van der Waals surface area (Å²) in [7, 11) is 0. The van der Waals surface area contributed by atoms with Crippen LogP contribution in [0, 0.1) is 0 Å². The van der Waals surface area contributed by atoms with Gasteiger partial charge in [-0.25, -0.2) is 0 Å². The van der Waals surface area contributed by atoms with Gasteiger partial charge in [0.2, 0.25) is 0 Å². The molecule has 10 heavy (non-hydrogen) atoms. The number of hydrogen-bond donors (Lipinski definition) is 0. The van der Waals surface area contributed by atoms with E-state index in [9.17, 15) is 0 Å². The third kappa shape index (κ3) is 1.14. The van der Waals surface area contributed by atoms with Gasteiger partial charge in [-0.15, -0.1) is 0 Å². The van der Waals surface area contributed by atoms with Gasteiger partial charge in [0.15, 0.2) is 0 Å². The monoisotopic (exact) mass is 141 g/mol. The first kappa shape index (κ1) is 6.16. The van der Waals surface area contributed by atoms with Crippen molar-refractivity contribution in [2.45, 2.75) is 25.4 Å². The van der Waals surface area contributed by atoms with Gasteiger partial charge in [-0.1, -0.05) is 5.16 Å². The molecule has 2 aliphatic rings. The van der Waals surface area contributed by atoms with Gasteiger partial charge in [0, 0.05) is 0 Å². The predicted octanol–water partition coefficient (Wildman–Crippen LogP) is 0.942. The first-order valence-corrected chi connectivity index (χ1v) is 3.74. The van der Waals surface area contributed by atoms with Crippen LogP contribution in [-0.2, 0) is 9.57 Å². The molecule has 0 spiro atoms. The second kappa shape index (κ2) is 2.58. The Morgan fingerprint density at radius 1 is 1.40 bits per heavy atom. The Bertz CT molecular complexity index is 146. The van der Waals surface area contributed by atoms with Crippen molar-refractivity contribution in [3.8, 4) is 0 Å². The quantitative estimate of drug-likeness (QED) is 0.536. The highest BCUT2D eigenvalue weighted by Crippen LogP contribution is 2.22. The molecule has 3 nitrogen and oxygen atoms in total. The van der Waals surface area contributed by atoms with Gasteiger partial charge in [-0.05, 0) is 19.3 Å². The third-order valence-corrected chi connectivity index (χ3v) is 1.92. The van der Waals surface area contributed by atoms with E-state index in [1.54, 1.807) is 0 Å². The van der Waals surface area contributed by atoms with Crippen LogP contribution in [0.1, 0.15) is 19.3 Å². The Morgan fingerprint density at radius 2 is 2.20 bits per heavy atom. The summed E-state index contributed by atoms with van der Waals surface area (Å²) >= 11 is 0. The summed E-state index contributed by atoms with van der Waals surface area (Å²) in [5.74, 6) is 0. The van der Waals surface area contributed by atoms with Crippen LogP contribution in [-0.4, -0.2) is 25.0 Å². The van der Waals surface area contributed by atoms with E-state index in [1.165, 1.54) is 19.3 Å². The van der Waals surface area contributed by atoms with Crippen molar-refractivity contribution < 1.29 is 9.57 Å². The van der Waals surface area contributed by atoms with Gasteiger partial charge in [0.25, 0.3) is 0 Å². The molecule has 0 aromatic rings. The Hall–Kier alpha value is -0.570. The molecule has 0 aromatic carbocycles. The summed E-state index contributed by atoms with van der Waals surface area (Å²) in [4.78, 5) is 5.19. The van der Waals surface area contributed by atoms with Crippen LogP contribution in [0.3, 0.4) is 0 Å². The molecular weight excluding hydrogens is 130 g/mol. The Kier molecular flexibility index (Phi) is 1.59. The molecule has 1 heterocycles. The average molecular weight is 141 g/mol. The van der Waals surface area contributed by atoms with Crippen molar-refractivity contribution in [1.82, 2.24) is 0 Å². The van der Waals surface area contributed by atoms with Crippen molar-refractivity contribution in [3.63, 3.8) is 0 Å². The van der Waals surface area contributed by atoms with E-state index in [2.05, 4.69) is 5.16 Å². The van der Waals surface area contributed by atoms with Crippen LogP contribution < -0.4 is 0 Å². The smallest absolute Gasteiger partial charge is 0.127 e. The second-order valence-electron chi connectivity index (χ2n) is 2.81. The maximum absolute atomic E-state index is 5.19. The fraction of sp³-hybridized carbons (Fsp3) is 0.857. The summed E-state index contributed by atoms with van der Waals surface area (Å²) in [5.41, 5.74) is 1.05. The molecule has 0 atom stereocenters. The van der Waals surface area contributed by atoms with E-state index in [0.29, 0.717) is 19.3 Å². The predicted molar refractivity (Wildman–Crippen MR) is 37.0 cm³/mol. The topological polar surface area (TPSA) is 30.8 Å². The van der Waals surface area contributed by atoms with Crippen LogP contribution in [0.5, 0.6) is 0 Å². The lowest BCUT2D eigenvalue weighted by atomic mass is 9.97. The summed E-state index contributed by atoms with van der Waals surface area (Å²) in [6.07, 6.45) is 4.06. The van der Waals surface area contributed by atoms with Crippen LogP contribution >= 0.6 is 0 Å². The summed E-state index contributed by atoms with van der Waals surface area (Å²) in [6.45, 7) is 1.35. The number of hydrogen-bond acceptors (Lipinski definition) is 3. The maximum Gasteiger partial charge on any atom is 0.127 e. The van der Waals surface area contributed by atoms with Gasteiger partial charge < -0.3 is 9.57 Å². The standard InChI is InChI=1S/C7H11NO2/c1-2-7(3-1)10-8-6-4-9-5-6/h7H,1-5H2. The Labute approximate surface area is 60.0 Å². The van der Waals surface area contributed by atoms with Crippen molar-refractivity contribution >= 4 is 5.71 Å². The van der Waals surface area contributed by atoms with Crippen LogP contribution in [0.15, 0.2) is 5.16 Å². The van der Waals surface area contributed by atoms with Gasteiger partial charge in [-0.2, -0.15) is 0 Å². The van der Waals surface area contributed by atoms with E-state index in [-0.39, 0.29) is 0 Å². The third-order valence-electron chi connectivity index (χ3n) is 1.92. The summed E-state index contributed by atoms with van der Waals surface area (Å²) in [6, 6.07) is 0. The lowest BCUT2D eigenvalue weighted by Gasteiger charge is -2.24. The van der Waals surface area contributed by atoms with Crippen molar-refractivity contribution in [3.05, 3.63) is 0 Å². The lowest BCUT2D eigenvalue weighted by molar-refractivity contribution is 0.000185. The van der Waals surface area contributed by atoms with E-state index < -0.39 is 0 Å². The van der Waals surface area contributed by atoms with Gasteiger partial charge in [0.1, 0.15) is 11.8 Å². The Morgan fingerprint density at radius 3 is 2.60 bits per heavy atom. The first-order valence-electron chi connectivity index (χ1n) is 3.74. The molecule has 1 aliphatic heterocycles. The maximum atomic E-state index is 5.19. The van der Waals surface area contributed by atoms with Crippen molar-refractivity contribution in [1.29, 1.82) is 0 Å². The van der Waals surface area contributed by atoms with Gasteiger partial charge in [0.05, 0.1) is 13.2 Å². The molecule has 1 saturated heterocycles. The molecule has 0 bridgehead atoms. The molecule has 3 heteroatoms. The fourth-order valence-corrected chi connectivity index (χ4v) is 0.871. The van der Waals surface area contributed by atoms with Gasteiger partial charge in [-0.3, -0.25) is 0 Å². The minimum absolute atomic E-state index is 0.410. The number of ether oxygens (including phenoxy) is 1. The first-order chi connectivity index (χ1) is 4.95. The van der Waals surface area contributed by atoms with E-state index in [1.807, 2.05) is 0 Å². The number of rotatable bonds is 2. The summed E-state index contributed by atoms with van der Waals surface area (Å²) < 4.78 is 4.91. The highest BCUT2D eigenvalue weighted by Gasteiger charge is 2.20. The molecule has 0 unspecified atom stereocenters. The molecule has 0 aromatic heterocycles. The highest BCUT2D eigenvalue weighted by atomic mass is 16.6. The van der Waals surface area contributed by atoms with Crippen LogP contribution in [0.25, 0.3) is 0 Å². The van der Waals surface area contributed by atoms with E-state index in [0.717, 1.165) is 5.71 Å². The molecule has 2 rings (SSSR count). The highest BCUT2D eigenvalue weighted by molar-refractivity contribution is 5.90. The zero-order valence-electron chi connectivity index (χ0n) is 5.88. The molecule has 56 valence electrons. The normalized spacial score (nSPS) is 25.0. The molecule has 0 radical (unpaired) electrons. The zero-order chi connectivity index (χ0) is 6.81. The SMILES string of the molecule is C1CC(ON=C2COC2)C1. The minimum Gasteiger partial charge on any atom is -0.392 e. The van der Waals surface area contributed by atoms with Crippen molar-refractivity contribution in [2.24, 2.45) is 5.16 Å². The summed E-state index contributed by atoms with van der Waals surface area (Å²) in [5, 5.41) is 3.94. The molecule has 1 saturated carbocycles. The second-order valence-corrected chi connectivity index (χ2v) is 2.81. The molecule has 0 N–H and O–H groups in total. The molecule has 0 amide bonds. The molecule has 2 fully saturated rings. The average Bonchev–Trinajstić information content (AvgIpc) is 1.70. The van der Waals surface area contributed by atoms with E-state index >= 15 is 0 Å². The van der Waals surface area contributed by atoms with Crippen LogP contribution in [0.2, 0.25) is 0 Å². The van der Waals surface area contributed by atoms with Gasteiger partial charge >= 0.3 is 0 Å².